The lowest BCUT2D eigenvalue weighted by Crippen LogP contribution is -2.40. The Bertz CT molecular complexity index is 680. The summed E-state index contributed by atoms with van der Waals surface area (Å²) in [6.07, 6.45) is 15.6. The fraction of sp³-hybridized carbons (Fsp3) is 0.462. The van der Waals surface area contributed by atoms with Crippen LogP contribution in [0, 0.1) is 0 Å². The SMILES string of the molecule is CCCCCCCCCN1C=CN(Cc2ccccc2)C1Cc1ccccc1. The molecule has 2 aromatic rings. The predicted octanol–water partition coefficient (Wildman–Crippen LogP) is 6.59. The van der Waals surface area contributed by atoms with E-state index in [1.807, 2.05) is 0 Å². The summed E-state index contributed by atoms with van der Waals surface area (Å²) in [6.45, 7) is 4.42. The van der Waals surface area contributed by atoms with Crippen molar-refractivity contribution in [1.82, 2.24) is 9.80 Å². The van der Waals surface area contributed by atoms with Gasteiger partial charge in [0.25, 0.3) is 0 Å². The molecule has 2 heteroatoms. The van der Waals surface area contributed by atoms with Crippen LogP contribution in [-0.4, -0.2) is 22.5 Å². The first-order valence-corrected chi connectivity index (χ1v) is 11.1. The topological polar surface area (TPSA) is 6.48 Å². The summed E-state index contributed by atoms with van der Waals surface area (Å²) in [7, 11) is 0. The van der Waals surface area contributed by atoms with E-state index in [0.29, 0.717) is 6.17 Å². The van der Waals surface area contributed by atoms with Crippen molar-refractivity contribution in [3.63, 3.8) is 0 Å². The number of unbranched alkanes of at least 4 members (excludes halogenated alkanes) is 6. The molecule has 0 N–H and O–H groups in total. The predicted molar refractivity (Wildman–Crippen MR) is 120 cm³/mol. The molecule has 150 valence electrons. The number of benzene rings is 2. The van der Waals surface area contributed by atoms with Crippen LogP contribution in [0.3, 0.4) is 0 Å². The van der Waals surface area contributed by atoms with Crippen molar-refractivity contribution in [3.8, 4) is 0 Å². The molecule has 0 amide bonds. The molecule has 1 heterocycles. The van der Waals surface area contributed by atoms with Crippen molar-refractivity contribution in [1.29, 1.82) is 0 Å². The minimum atomic E-state index is 0.419. The summed E-state index contributed by atoms with van der Waals surface area (Å²) >= 11 is 0. The van der Waals surface area contributed by atoms with E-state index in [1.165, 1.54) is 56.1 Å². The average molecular weight is 377 g/mol. The van der Waals surface area contributed by atoms with Crippen LogP contribution in [0.5, 0.6) is 0 Å². The quantitative estimate of drug-likeness (QED) is 0.385. The molecule has 2 aromatic carbocycles. The average Bonchev–Trinajstić information content (AvgIpc) is 3.10. The monoisotopic (exact) mass is 376 g/mol. The normalized spacial score (nSPS) is 16.1. The van der Waals surface area contributed by atoms with Gasteiger partial charge in [0.15, 0.2) is 0 Å². The Morgan fingerprint density at radius 1 is 0.643 bits per heavy atom. The van der Waals surface area contributed by atoms with Gasteiger partial charge in [0, 0.05) is 31.9 Å². The van der Waals surface area contributed by atoms with Crippen LogP contribution in [0.4, 0.5) is 0 Å². The van der Waals surface area contributed by atoms with Gasteiger partial charge in [0.05, 0.1) is 0 Å². The maximum absolute atomic E-state index is 2.56. The van der Waals surface area contributed by atoms with Crippen molar-refractivity contribution in [2.45, 2.75) is 71.0 Å². The maximum Gasteiger partial charge on any atom is 0.105 e. The second kappa shape index (κ2) is 11.6. The van der Waals surface area contributed by atoms with Crippen LogP contribution in [0.1, 0.15) is 63.0 Å². The standard InChI is InChI=1S/C26H36N2/c1-2-3-4-5-6-7-14-19-27-20-21-28(23-25-17-12-9-13-18-25)26(27)22-24-15-10-8-11-16-24/h8-13,15-18,20-21,26H,2-7,14,19,22-23H2,1H3. The lowest BCUT2D eigenvalue weighted by atomic mass is 10.1. The van der Waals surface area contributed by atoms with E-state index < -0.39 is 0 Å². The smallest absolute Gasteiger partial charge is 0.105 e. The van der Waals surface area contributed by atoms with Crippen LogP contribution in [-0.2, 0) is 13.0 Å². The van der Waals surface area contributed by atoms with E-state index in [-0.39, 0.29) is 0 Å². The first-order valence-electron chi connectivity index (χ1n) is 11.1. The fourth-order valence-corrected chi connectivity index (χ4v) is 4.05. The maximum atomic E-state index is 2.56. The van der Waals surface area contributed by atoms with Crippen LogP contribution in [0.2, 0.25) is 0 Å². The number of hydrogen-bond donors (Lipinski definition) is 0. The Morgan fingerprint density at radius 2 is 1.21 bits per heavy atom. The summed E-state index contributed by atoms with van der Waals surface area (Å²) in [5.74, 6) is 0. The zero-order valence-corrected chi connectivity index (χ0v) is 17.5. The van der Waals surface area contributed by atoms with Gasteiger partial charge in [-0.3, -0.25) is 0 Å². The zero-order chi connectivity index (χ0) is 19.4. The summed E-state index contributed by atoms with van der Waals surface area (Å²) in [5.41, 5.74) is 2.79. The molecular formula is C26H36N2. The highest BCUT2D eigenvalue weighted by Crippen LogP contribution is 2.23. The van der Waals surface area contributed by atoms with Crippen molar-refractivity contribution >= 4 is 0 Å². The summed E-state index contributed by atoms with van der Waals surface area (Å²) in [6, 6.07) is 21.7. The third-order valence-corrected chi connectivity index (χ3v) is 5.70. The molecule has 28 heavy (non-hydrogen) atoms. The van der Waals surface area contributed by atoms with Gasteiger partial charge in [-0.25, -0.2) is 0 Å². The van der Waals surface area contributed by atoms with Crippen LogP contribution in [0.25, 0.3) is 0 Å². The van der Waals surface area contributed by atoms with Gasteiger partial charge in [0.2, 0.25) is 0 Å². The molecule has 1 atom stereocenters. The van der Waals surface area contributed by atoms with E-state index in [0.717, 1.165) is 19.5 Å². The van der Waals surface area contributed by atoms with Gasteiger partial charge in [-0.05, 0) is 17.5 Å². The largest absolute Gasteiger partial charge is 0.356 e. The highest BCUT2D eigenvalue weighted by atomic mass is 15.4. The van der Waals surface area contributed by atoms with Crippen LogP contribution >= 0.6 is 0 Å². The first kappa shape index (κ1) is 20.5. The third-order valence-electron chi connectivity index (χ3n) is 5.70. The summed E-state index contributed by atoms with van der Waals surface area (Å²) in [5, 5.41) is 0. The lowest BCUT2D eigenvalue weighted by molar-refractivity contribution is 0.144. The lowest BCUT2D eigenvalue weighted by Gasteiger charge is -2.33. The molecule has 0 bridgehead atoms. The van der Waals surface area contributed by atoms with Crippen molar-refractivity contribution < 1.29 is 0 Å². The molecule has 1 aliphatic heterocycles. The molecule has 0 spiro atoms. The van der Waals surface area contributed by atoms with Crippen molar-refractivity contribution in [3.05, 3.63) is 84.2 Å². The Hall–Kier alpha value is -2.22. The molecule has 1 unspecified atom stereocenters. The minimum absolute atomic E-state index is 0.419. The van der Waals surface area contributed by atoms with Gasteiger partial charge in [-0.1, -0.05) is 106 Å². The molecule has 0 fully saturated rings. The van der Waals surface area contributed by atoms with Gasteiger partial charge < -0.3 is 9.80 Å². The molecule has 0 saturated carbocycles. The minimum Gasteiger partial charge on any atom is -0.356 e. The van der Waals surface area contributed by atoms with E-state index >= 15 is 0 Å². The van der Waals surface area contributed by atoms with Crippen LogP contribution < -0.4 is 0 Å². The van der Waals surface area contributed by atoms with Gasteiger partial charge in [-0.15, -0.1) is 0 Å². The Labute approximate surface area is 171 Å². The molecule has 0 saturated heterocycles. The molecule has 3 rings (SSSR count). The second-order valence-electron chi connectivity index (χ2n) is 7.99. The number of hydrogen-bond acceptors (Lipinski definition) is 2. The summed E-state index contributed by atoms with van der Waals surface area (Å²) < 4.78 is 0. The Morgan fingerprint density at radius 3 is 1.89 bits per heavy atom. The van der Waals surface area contributed by atoms with E-state index in [9.17, 15) is 0 Å². The van der Waals surface area contributed by atoms with E-state index in [2.05, 4.69) is 89.8 Å². The Balaban J connectivity index is 1.54. The molecule has 0 radical (unpaired) electrons. The Kier molecular flexibility index (Phi) is 8.49. The molecule has 2 nitrogen and oxygen atoms in total. The summed E-state index contributed by atoms with van der Waals surface area (Å²) in [4.78, 5) is 5.06. The van der Waals surface area contributed by atoms with Crippen molar-refractivity contribution in [2.24, 2.45) is 0 Å². The zero-order valence-electron chi connectivity index (χ0n) is 17.5. The van der Waals surface area contributed by atoms with Crippen LogP contribution in [0.15, 0.2) is 73.1 Å². The molecule has 0 aliphatic carbocycles. The van der Waals surface area contributed by atoms with Gasteiger partial charge in [0.1, 0.15) is 6.17 Å². The second-order valence-corrected chi connectivity index (χ2v) is 7.99. The van der Waals surface area contributed by atoms with Crippen molar-refractivity contribution in [2.75, 3.05) is 6.54 Å². The van der Waals surface area contributed by atoms with Gasteiger partial charge >= 0.3 is 0 Å². The van der Waals surface area contributed by atoms with E-state index in [1.54, 1.807) is 0 Å². The first-order chi connectivity index (χ1) is 13.9. The highest BCUT2D eigenvalue weighted by Gasteiger charge is 2.26. The van der Waals surface area contributed by atoms with Gasteiger partial charge in [-0.2, -0.15) is 0 Å². The highest BCUT2D eigenvalue weighted by molar-refractivity contribution is 5.19. The number of rotatable bonds is 12. The molecule has 1 aliphatic rings. The molecule has 0 aromatic heterocycles. The number of nitrogens with zero attached hydrogens (tertiary/aromatic N) is 2. The third kappa shape index (κ3) is 6.44. The molecular weight excluding hydrogens is 340 g/mol. The fourth-order valence-electron chi connectivity index (χ4n) is 4.05. The van der Waals surface area contributed by atoms with E-state index in [4.69, 9.17) is 0 Å².